The lowest BCUT2D eigenvalue weighted by atomic mass is 10.1. The normalized spacial score (nSPS) is 16.5. The van der Waals surface area contributed by atoms with Crippen LogP contribution in [0.4, 0.5) is 5.82 Å². The second-order valence-corrected chi connectivity index (χ2v) is 7.94. The van der Waals surface area contributed by atoms with Crippen LogP contribution in [0, 0.1) is 6.92 Å². The van der Waals surface area contributed by atoms with Gasteiger partial charge in [-0.05, 0) is 31.9 Å². The van der Waals surface area contributed by atoms with Crippen molar-refractivity contribution in [1.29, 1.82) is 0 Å². The summed E-state index contributed by atoms with van der Waals surface area (Å²) in [6, 6.07) is 15.7. The van der Waals surface area contributed by atoms with Crippen molar-refractivity contribution in [2.45, 2.75) is 32.4 Å². The Balaban J connectivity index is 1.68. The second kappa shape index (κ2) is 8.07. The average Bonchev–Trinajstić information content (AvgIpc) is 3.28. The monoisotopic (exact) mass is 415 g/mol. The Morgan fingerprint density at radius 1 is 1.03 bits per heavy atom. The van der Waals surface area contributed by atoms with Gasteiger partial charge in [-0.25, -0.2) is 4.98 Å². The molecule has 0 aliphatic carbocycles. The number of aryl methyl sites for hydroxylation is 1. The van der Waals surface area contributed by atoms with E-state index in [4.69, 9.17) is 9.72 Å². The van der Waals surface area contributed by atoms with Gasteiger partial charge in [0, 0.05) is 24.4 Å². The lowest BCUT2D eigenvalue weighted by Gasteiger charge is -2.28. The molecular formula is C24H25N5O2. The Bertz CT molecular complexity index is 1320. The van der Waals surface area contributed by atoms with Gasteiger partial charge in [-0.2, -0.15) is 5.10 Å². The summed E-state index contributed by atoms with van der Waals surface area (Å²) in [6.07, 6.45) is 1.91. The van der Waals surface area contributed by atoms with Crippen molar-refractivity contribution >= 4 is 27.5 Å². The summed E-state index contributed by atoms with van der Waals surface area (Å²) in [5.74, 6) is 1.62. The van der Waals surface area contributed by atoms with Gasteiger partial charge in [0.1, 0.15) is 5.82 Å². The van der Waals surface area contributed by atoms with Crippen LogP contribution in [0.3, 0.4) is 0 Å². The maximum Gasteiger partial charge on any atom is 0.261 e. The SMILES string of the molecule is COCCn1c(C2CCCN2c2nnc(C)c3ccccc23)nc2ccccc2c1=O. The molecular weight excluding hydrogens is 390 g/mol. The molecule has 7 nitrogen and oxygen atoms in total. The highest BCUT2D eigenvalue weighted by molar-refractivity contribution is 5.93. The third-order valence-corrected chi connectivity index (χ3v) is 6.09. The molecule has 0 bridgehead atoms. The van der Waals surface area contributed by atoms with Gasteiger partial charge < -0.3 is 9.64 Å². The Hall–Kier alpha value is -3.32. The zero-order valence-electron chi connectivity index (χ0n) is 17.8. The first-order valence-electron chi connectivity index (χ1n) is 10.7. The Morgan fingerprint density at radius 2 is 1.77 bits per heavy atom. The molecule has 1 aliphatic heterocycles. The number of benzene rings is 2. The fourth-order valence-electron chi connectivity index (χ4n) is 4.56. The van der Waals surface area contributed by atoms with Crippen molar-refractivity contribution < 1.29 is 4.74 Å². The Kier molecular flexibility index (Phi) is 5.11. The van der Waals surface area contributed by atoms with E-state index in [1.54, 1.807) is 11.7 Å². The third-order valence-electron chi connectivity index (χ3n) is 6.09. The van der Waals surface area contributed by atoms with E-state index in [9.17, 15) is 4.79 Å². The number of methoxy groups -OCH3 is 1. The first-order chi connectivity index (χ1) is 15.2. The van der Waals surface area contributed by atoms with Gasteiger partial charge in [0.25, 0.3) is 5.56 Å². The topological polar surface area (TPSA) is 73.1 Å². The maximum atomic E-state index is 13.3. The molecule has 5 rings (SSSR count). The lowest BCUT2D eigenvalue weighted by molar-refractivity contribution is 0.184. The second-order valence-electron chi connectivity index (χ2n) is 7.94. The van der Waals surface area contributed by atoms with Crippen LogP contribution in [-0.4, -0.2) is 40.0 Å². The molecule has 0 amide bonds. The van der Waals surface area contributed by atoms with Gasteiger partial charge in [0.2, 0.25) is 0 Å². The summed E-state index contributed by atoms with van der Waals surface area (Å²) in [5, 5.41) is 11.8. The molecule has 158 valence electrons. The van der Waals surface area contributed by atoms with Crippen LogP contribution in [0.1, 0.15) is 30.4 Å². The number of aromatic nitrogens is 4. The van der Waals surface area contributed by atoms with Gasteiger partial charge >= 0.3 is 0 Å². The van der Waals surface area contributed by atoms with Gasteiger partial charge in [0.15, 0.2) is 5.82 Å². The van der Waals surface area contributed by atoms with Crippen LogP contribution in [0.25, 0.3) is 21.7 Å². The van der Waals surface area contributed by atoms with E-state index in [1.807, 2.05) is 43.3 Å². The molecule has 0 saturated carbocycles. The molecule has 1 unspecified atom stereocenters. The average molecular weight is 415 g/mol. The molecule has 0 spiro atoms. The number of ether oxygens (including phenoxy) is 1. The summed E-state index contributed by atoms with van der Waals surface area (Å²) in [5.41, 5.74) is 1.61. The number of hydrogen-bond donors (Lipinski definition) is 0. The fraction of sp³-hybridized carbons (Fsp3) is 0.333. The summed E-state index contributed by atoms with van der Waals surface area (Å²) < 4.78 is 7.07. The highest BCUT2D eigenvalue weighted by Gasteiger charge is 2.32. The van der Waals surface area contributed by atoms with E-state index >= 15 is 0 Å². The molecule has 0 N–H and O–H groups in total. The van der Waals surface area contributed by atoms with Crippen molar-refractivity contribution in [3.8, 4) is 0 Å². The smallest absolute Gasteiger partial charge is 0.261 e. The number of hydrogen-bond acceptors (Lipinski definition) is 6. The summed E-state index contributed by atoms with van der Waals surface area (Å²) in [7, 11) is 1.65. The molecule has 2 aromatic carbocycles. The van der Waals surface area contributed by atoms with Gasteiger partial charge in [-0.15, -0.1) is 5.10 Å². The minimum Gasteiger partial charge on any atom is -0.383 e. The van der Waals surface area contributed by atoms with Crippen LogP contribution >= 0.6 is 0 Å². The molecule has 4 aromatic rings. The van der Waals surface area contributed by atoms with Gasteiger partial charge in [-0.1, -0.05) is 36.4 Å². The first-order valence-corrected chi connectivity index (χ1v) is 10.7. The first kappa shape index (κ1) is 19.6. The van der Waals surface area contributed by atoms with Gasteiger partial charge in [-0.3, -0.25) is 9.36 Å². The number of fused-ring (bicyclic) bond motifs is 2. The molecule has 1 fully saturated rings. The molecule has 1 saturated heterocycles. The molecule has 3 heterocycles. The van der Waals surface area contributed by atoms with Crippen molar-refractivity contribution in [3.63, 3.8) is 0 Å². The summed E-state index contributed by atoms with van der Waals surface area (Å²) >= 11 is 0. The summed E-state index contributed by atoms with van der Waals surface area (Å²) in [6.45, 7) is 3.74. The van der Waals surface area contributed by atoms with Crippen LogP contribution < -0.4 is 10.5 Å². The van der Waals surface area contributed by atoms with E-state index in [2.05, 4.69) is 27.2 Å². The van der Waals surface area contributed by atoms with Crippen molar-refractivity contribution in [1.82, 2.24) is 19.7 Å². The quantitative estimate of drug-likeness (QED) is 0.496. The number of rotatable bonds is 5. The number of nitrogens with zero attached hydrogens (tertiary/aromatic N) is 5. The highest BCUT2D eigenvalue weighted by Crippen LogP contribution is 2.37. The largest absolute Gasteiger partial charge is 0.383 e. The maximum absolute atomic E-state index is 13.3. The minimum absolute atomic E-state index is 0.0238. The predicted molar refractivity (Wildman–Crippen MR) is 121 cm³/mol. The molecule has 31 heavy (non-hydrogen) atoms. The number of anilines is 1. The van der Waals surface area contributed by atoms with Crippen LogP contribution in [0.2, 0.25) is 0 Å². The molecule has 7 heteroatoms. The van der Waals surface area contributed by atoms with Crippen molar-refractivity contribution in [2.24, 2.45) is 0 Å². The van der Waals surface area contributed by atoms with E-state index in [-0.39, 0.29) is 11.6 Å². The Morgan fingerprint density at radius 3 is 2.58 bits per heavy atom. The highest BCUT2D eigenvalue weighted by atomic mass is 16.5. The molecule has 1 aliphatic rings. The van der Waals surface area contributed by atoms with Crippen molar-refractivity contribution in [3.05, 3.63) is 70.4 Å². The van der Waals surface area contributed by atoms with E-state index in [0.29, 0.717) is 18.5 Å². The predicted octanol–water partition coefficient (Wildman–Crippen LogP) is 3.64. The van der Waals surface area contributed by atoms with Crippen LogP contribution in [0.5, 0.6) is 0 Å². The van der Waals surface area contributed by atoms with Gasteiger partial charge in [0.05, 0.1) is 35.8 Å². The van der Waals surface area contributed by atoms with E-state index < -0.39 is 0 Å². The minimum atomic E-state index is -0.0467. The molecule has 0 radical (unpaired) electrons. The zero-order valence-corrected chi connectivity index (χ0v) is 17.8. The fourth-order valence-corrected chi connectivity index (χ4v) is 4.56. The molecule has 1 atom stereocenters. The zero-order chi connectivity index (χ0) is 21.4. The summed E-state index contributed by atoms with van der Waals surface area (Å²) in [4.78, 5) is 20.6. The third kappa shape index (κ3) is 3.35. The lowest BCUT2D eigenvalue weighted by Crippen LogP contribution is -2.33. The van der Waals surface area contributed by atoms with Crippen molar-refractivity contribution in [2.75, 3.05) is 25.2 Å². The number of para-hydroxylation sites is 1. The van der Waals surface area contributed by atoms with E-state index in [0.717, 1.165) is 53.0 Å². The van der Waals surface area contributed by atoms with Crippen LogP contribution in [-0.2, 0) is 11.3 Å². The van der Waals surface area contributed by atoms with E-state index in [1.165, 1.54) is 0 Å². The molecule has 2 aromatic heterocycles. The Labute approximate surface area is 180 Å². The standard InChI is InChI=1S/C24H25N5O2/c1-16-17-8-3-4-9-18(17)22(27-26-16)28-13-7-12-21(28)23-25-20-11-6-5-10-19(20)24(30)29(23)14-15-31-2/h3-6,8-11,21H,7,12-15H2,1-2H3. The van der Waals surface area contributed by atoms with Crippen LogP contribution in [0.15, 0.2) is 53.3 Å².